The van der Waals surface area contributed by atoms with Crippen molar-refractivity contribution in [3.63, 3.8) is 0 Å². The van der Waals surface area contributed by atoms with Crippen LogP contribution in [0.1, 0.15) is 18.4 Å². The first-order valence-electron chi connectivity index (χ1n) is 8.33. The molecule has 0 N–H and O–H groups in total. The molecule has 0 amide bonds. The number of nitrogens with zero attached hydrogens (tertiary/aromatic N) is 2. The summed E-state index contributed by atoms with van der Waals surface area (Å²) in [5.74, 6) is 1.24. The first-order valence-corrected chi connectivity index (χ1v) is 8.33. The molecule has 24 heavy (non-hydrogen) atoms. The maximum absolute atomic E-state index is 13.8. The van der Waals surface area contributed by atoms with Crippen molar-refractivity contribution < 1.29 is 13.9 Å². The fourth-order valence-corrected chi connectivity index (χ4v) is 3.01. The highest BCUT2D eigenvalue weighted by molar-refractivity contribution is 5.29. The van der Waals surface area contributed by atoms with Crippen LogP contribution in [-0.2, 0) is 6.54 Å². The first kappa shape index (κ1) is 16.7. The Balaban J connectivity index is 1.44. The van der Waals surface area contributed by atoms with E-state index in [1.165, 1.54) is 7.11 Å². The molecule has 1 fully saturated rings. The largest absolute Gasteiger partial charge is 0.494 e. The van der Waals surface area contributed by atoms with Crippen LogP contribution in [0.5, 0.6) is 11.6 Å². The lowest BCUT2D eigenvalue weighted by molar-refractivity contribution is 0.134. The molecule has 1 aliphatic rings. The Hall–Kier alpha value is -2.14. The summed E-state index contributed by atoms with van der Waals surface area (Å²) in [6, 6.07) is 10.9. The molecule has 0 saturated carbocycles. The van der Waals surface area contributed by atoms with E-state index < -0.39 is 0 Å². The van der Waals surface area contributed by atoms with E-state index in [1.54, 1.807) is 18.3 Å². The molecule has 2 heterocycles. The quantitative estimate of drug-likeness (QED) is 0.812. The number of halogens is 1. The lowest BCUT2D eigenvalue weighted by Crippen LogP contribution is -2.35. The van der Waals surface area contributed by atoms with Gasteiger partial charge in [0, 0.05) is 18.8 Å². The molecule has 0 radical (unpaired) electrons. The summed E-state index contributed by atoms with van der Waals surface area (Å²) in [5.41, 5.74) is 0.983. The van der Waals surface area contributed by atoms with Gasteiger partial charge < -0.3 is 9.47 Å². The van der Waals surface area contributed by atoms with Crippen LogP contribution in [0.2, 0.25) is 0 Å². The number of aromatic nitrogens is 1. The van der Waals surface area contributed by atoms with E-state index in [1.807, 2.05) is 24.3 Å². The van der Waals surface area contributed by atoms with E-state index in [0.29, 0.717) is 24.2 Å². The minimum atomic E-state index is -0.298. The molecular formula is C19H23FN2O2. The summed E-state index contributed by atoms with van der Waals surface area (Å²) in [6.45, 7) is 3.49. The van der Waals surface area contributed by atoms with Gasteiger partial charge in [0.2, 0.25) is 5.88 Å². The molecule has 3 rings (SSSR count). The van der Waals surface area contributed by atoms with Crippen LogP contribution >= 0.6 is 0 Å². The van der Waals surface area contributed by atoms with Crippen LogP contribution in [0.4, 0.5) is 4.39 Å². The second kappa shape index (κ2) is 8.11. The van der Waals surface area contributed by atoms with E-state index in [4.69, 9.17) is 9.47 Å². The summed E-state index contributed by atoms with van der Waals surface area (Å²) < 4.78 is 24.5. The molecule has 1 saturated heterocycles. The van der Waals surface area contributed by atoms with Crippen molar-refractivity contribution in [2.75, 3.05) is 26.8 Å². The molecule has 0 bridgehead atoms. The highest BCUT2D eigenvalue weighted by atomic mass is 19.1. The predicted molar refractivity (Wildman–Crippen MR) is 90.7 cm³/mol. The fourth-order valence-electron chi connectivity index (χ4n) is 3.01. The monoisotopic (exact) mass is 330 g/mol. The van der Waals surface area contributed by atoms with Crippen LogP contribution in [-0.4, -0.2) is 36.7 Å². The van der Waals surface area contributed by atoms with Crippen molar-refractivity contribution in [2.24, 2.45) is 5.92 Å². The van der Waals surface area contributed by atoms with Gasteiger partial charge in [-0.2, -0.15) is 0 Å². The number of benzene rings is 1. The fraction of sp³-hybridized carbons (Fsp3) is 0.421. The number of hydrogen-bond acceptors (Lipinski definition) is 4. The van der Waals surface area contributed by atoms with E-state index in [-0.39, 0.29) is 5.82 Å². The Morgan fingerprint density at radius 1 is 1.21 bits per heavy atom. The zero-order valence-corrected chi connectivity index (χ0v) is 14.0. The zero-order chi connectivity index (χ0) is 16.8. The molecule has 1 aromatic carbocycles. The molecule has 4 nitrogen and oxygen atoms in total. The Morgan fingerprint density at radius 2 is 2.04 bits per heavy atom. The Kier molecular flexibility index (Phi) is 5.64. The summed E-state index contributed by atoms with van der Waals surface area (Å²) in [6.07, 6.45) is 3.92. The Morgan fingerprint density at radius 3 is 2.71 bits per heavy atom. The van der Waals surface area contributed by atoms with Gasteiger partial charge in [0.1, 0.15) is 0 Å². The van der Waals surface area contributed by atoms with Crippen molar-refractivity contribution >= 4 is 0 Å². The number of methoxy groups -OCH3 is 1. The lowest BCUT2D eigenvalue weighted by atomic mass is 9.97. The van der Waals surface area contributed by atoms with Gasteiger partial charge in [0.15, 0.2) is 11.6 Å². The third-order valence-electron chi connectivity index (χ3n) is 4.43. The van der Waals surface area contributed by atoms with E-state index >= 15 is 0 Å². The van der Waals surface area contributed by atoms with Crippen molar-refractivity contribution in [2.45, 2.75) is 19.4 Å². The summed E-state index contributed by atoms with van der Waals surface area (Å²) in [4.78, 5) is 6.54. The number of ether oxygens (including phenoxy) is 2. The third kappa shape index (κ3) is 4.45. The van der Waals surface area contributed by atoms with E-state index in [9.17, 15) is 4.39 Å². The van der Waals surface area contributed by atoms with Crippen LogP contribution in [0.3, 0.4) is 0 Å². The summed E-state index contributed by atoms with van der Waals surface area (Å²) in [7, 11) is 1.48. The van der Waals surface area contributed by atoms with Gasteiger partial charge in [-0.15, -0.1) is 0 Å². The van der Waals surface area contributed by atoms with E-state index in [2.05, 4.69) is 9.88 Å². The van der Waals surface area contributed by atoms with Crippen molar-refractivity contribution in [3.8, 4) is 11.6 Å². The summed E-state index contributed by atoms with van der Waals surface area (Å²) in [5, 5.41) is 0. The molecule has 1 aliphatic heterocycles. The second-order valence-electron chi connectivity index (χ2n) is 6.17. The maximum atomic E-state index is 13.8. The van der Waals surface area contributed by atoms with Gasteiger partial charge in [0.25, 0.3) is 0 Å². The minimum Gasteiger partial charge on any atom is -0.494 e. The molecule has 2 aromatic rings. The molecule has 5 heteroatoms. The summed E-state index contributed by atoms with van der Waals surface area (Å²) >= 11 is 0. The average Bonchev–Trinajstić information content (AvgIpc) is 2.62. The van der Waals surface area contributed by atoms with Gasteiger partial charge in [-0.3, -0.25) is 4.90 Å². The van der Waals surface area contributed by atoms with Gasteiger partial charge >= 0.3 is 0 Å². The van der Waals surface area contributed by atoms with Crippen LogP contribution in [0, 0.1) is 11.7 Å². The topological polar surface area (TPSA) is 34.6 Å². The number of rotatable bonds is 6. The Bertz CT molecular complexity index is 643. The standard InChI is InChI=1S/C19H23FN2O2/c1-23-18-6-5-16(12-17(18)20)13-22-10-7-15(8-11-22)14-24-19-4-2-3-9-21-19/h2-6,9,12,15H,7-8,10-11,13-14H2,1H3. The molecule has 0 aliphatic carbocycles. The third-order valence-corrected chi connectivity index (χ3v) is 4.43. The lowest BCUT2D eigenvalue weighted by Gasteiger charge is -2.31. The van der Waals surface area contributed by atoms with Crippen molar-refractivity contribution in [1.29, 1.82) is 0 Å². The Labute approximate surface area is 142 Å². The normalized spacial score (nSPS) is 16.1. The van der Waals surface area contributed by atoms with Crippen LogP contribution in [0.15, 0.2) is 42.6 Å². The zero-order valence-electron chi connectivity index (χ0n) is 14.0. The van der Waals surface area contributed by atoms with Gasteiger partial charge in [-0.25, -0.2) is 9.37 Å². The molecule has 128 valence electrons. The molecule has 0 unspecified atom stereocenters. The number of likely N-dealkylation sites (tertiary alicyclic amines) is 1. The molecular weight excluding hydrogens is 307 g/mol. The SMILES string of the molecule is COc1ccc(CN2CCC(COc3ccccn3)CC2)cc1F. The van der Waals surface area contributed by atoms with Crippen molar-refractivity contribution in [3.05, 3.63) is 54.0 Å². The van der Waals surface area contributed by atoms with E-state index in [0.717, 1.165) is 38.0 Å². The number of pyridine rings is 1. The molecule has 1 aromatic heterocycles. The van der Waals surface area contributed by atoms with Crippen molar-refractivity contribution in [1.82, 2.24) is 9.88 Å². The first-order chi connectivity index (χ1) is 11.7. The maximum Gasteiger partial charge on any atom is 0.213 e. The van der Waals surface area contributed by atoms with Gasteiger partial charge in [0.05, 0.1) is 13.7 Å². The van der Waals surface area contributed by atoms with Crippen LogP contribution < -0.4 is 9.47 Å². The predicted octanol–water partition coefficient (Wildman–Crippen LogP) is 3.52. The van der Waals surface area contributed by atoms with Gasteiger partial charge in [-0.1, -0.05) is 12.1 Å². The average molecular weight is 330 g/mol. The van der Waals surface area contributed by atoms with Crippen LogP contribution in [0.25, 0.3) is 0 Å². The number of piperidine rings is 1. The minimum absolute atomic E-state index is 0.295. The van der Waals surface area contributed by atoms with Gasteiger partial charge in [-0.05, 0) is 55.6 Å². The highest BCUT2D eigenvalue weighted by Gasteiger charge is 2.20. The smallest absolute Gasteiger partial charge is 0.213 e. The molecule has 0 atom stereocenters. The molecule has 0 spiro atoms. The highest BCUT2D eigenvalue weighted by Crippen LogP contribution is 2.22. The number of hydrogen-bond donors (Lipinski definition) is 0. The second-order valence-corrected chi connectivity index (χ2v) is 6.17.